The summed E-state index contributed by atoms with van der Waals surface area (Å²) in [6, 6.07) is 1.54. The SMILES string of the molecule is COC[C@H]1CN(C(=O)c2cc(Cl)c(Cl)[nH]2)CC(C)(C)O1. The van der Waals surface area contributed by atoms with Crippen molar-refractivity contribution in [1.29, 1.82) is 0 Å². The van der Waals surface area contributed by atoms with Gasteiger partial charge >= 0.3 is 0 Å². The third-order valence-electron chi connectivity index (χ3n) is 3.08. The third-order valence-corrected chi connectivity index (χ3v) is 3.77. The molecule has 2 rings (SSSR count). The fraction of sp³-hybridized carbons (Fsp3) is 0.615. The summed E-state index contributed by atoms with van der Waals surface area (Å²) in [6.45, 7) is 5.32. The molecule has 0 aromatic carbocycles. The zero-order valence-electron chi connectivity index (χ0n) is 11.7. The fourth-order valence-corrected chi connectivity index (χ4v) is 2.73. The molecule has 0 spiro atoms. The van der Waals surface area contributed by atoms with Crippen molar-refractivity contribution in [3.8, 4) is 0 Å². The lowest BCUT2D eigenvalue weighted by Gasteiger charge is -2.42. The summed E-state index contributed by atoms with van der Waals surface area (Å²) in [4.78, 5) is 17.0. The second-order valence-electron chi connectivity index (χ2n) is 5.49. The molecule has 112 valence electrons. The van der Waals surface area contributed by atoms with Crippen molar-refractivity contribution in [2.24, 2.45) is 0 Å². The second kappa shape index (κ2) is 5.93. The van der Waals surface area contributed by atoms with Crippen LogP contribution in [0.5, 0.6) is 0 Å². The van der Waals surface area contributed by atoms with Gasteiger partial charge in [-0.3, -0.25) is 4.79 Å². The Morgan fingerprint density at radius 2 is 2.30 bits per heavy atom. The van der Waals surface area contributed by atoms with Gasteiger partial charge in [0.15, 0.2) is 0 Å². The molecule has 1 atom stereocenters. The summed E-state index contributed by atoms with van der Waals surface area (Å²) in [5, 5.41) is 0.618. The lowest BCUT2D eigenvalue weighted by molar-refractivity contribution is -0.143. The number of halogens is 2. The topological polar surface area (TPSA) is 54.6 Å². The average molecular weight is 321 g/mol. The molecular formula is C13H18Cl2N2O3. The number of carbonyl (C=O) groups is 1. The van der Waals surface area contributed by atoms with E-state index in [0.29, 0.717) is 30.4 Å². The van der Waals surface area contributed by atoms with E-state index in [9.17, 15) is 4.79 Å². The predicted molar refractivity (Wildman–Crippen MR) is 77.5 cm³/mol. The van der Waals surface area contributed by atoms with Crippen LogP contribution in [0.4, 0.5) is 0 Å². The molecule has 2 heterocycles. The number of amides is 1. The van der Waals surface area contributed by atoms with Gasteiger partial charge in [-0.15, -0.1) is 0 Å². The maximum absolute atomic E-state index is 12.5. The average Bonchev–Trinajstić information content (AvgIpc) is 2.67. The van der Waals surface area contributed by atoms with Crippen LogP contribution in [0.3, 0.4) is 0 Å². The lowest BCUT2D eigenvalue weighted by atomic mass is 10.0. The number of H-pyrrole nitrogens is 1. The molecule has 20 heavy (non-hydrogen) atoms. The van der Waals surface area contributed by atoms with Gasteiger partial charge in [-0.05, 0) is 19.9 Å². The molecule has 0 unspecified atom stereocenters. The monoisotopic (exact) mass is 320 g/mol. The molecule has 1 aromatic rings. The molecule has 1 amide bonds. The van der Waals surface area contributed by atoms with Crippen molar-refractivity contribution in [3.05, 3.63) is 21.9 Å². The van der Waals surface area contributed by atoms with Crippen LogP contribution in [0, 0.1) is 0 Å². The van der Waals surface area contributed by atoms with E-state index < -0.39 is 5.60 Å². The Morgan fingerprint density at radius 1 is 1.60 bits per heavy atom. The van der Waals surface area contributed by atoms with Gasteiger partial charge in [0.2, 0.25) is 0 Å². The Hall–Kier alpha value is -0.750. The Labute approximate surface area is 128 Å². The molecular weight excluding hydrogens is 303 g/mol. The Morgan fingerprint density at radius 3 is 2.85 bits per heavy atom. The quantitative estimate of drug-likeness (QED) is 0.931. The summed E-state index contributed by atoms with van der Waals surface area (Å²) >= 11 is 11.7. The van der Waals surface area contributed by atoms with Crippen molar-refractivity contribution < 1.29 is 14.3 Å². The Balaban J connectivity index is 2.15. The zero-order chi connectivity index (χ0) is 14.9. The smallest absolute Gasteiger partial charge is 0.270 e. The number of methoxy groups -OCH3 is 1. The number of hydrogen-bond acceptors (Lipinski definition) is 3. The van der Waals surface area contributed by atoms with E-state index >= 15 is 0 Å². The summed E-state index contributed by atoms with van der Waals surface area (Å²) in [5.74, 6) is -0.142. The highest BCUT2D eigenvalue weighted by molar-refractivity contribution is 6.41. The second-order valence-corrected chi connectivity index (χ2v) is 6.27. The number of nitrogens with one attached hydrogen (secondary N) is 1. The van der Waals surface area contributed by atoms with Gasteiger partial charge < -0.3 is 19.4 Å². The van der Waals surface area contributed by atoms with Gasteiger partial charge in [0.25, 0.3) is 5.91 Å². The number of nitrogens with zero attached hydrogens (tertiary/aromatic N) is 1. The number of rotatable bonds is 3. The Bertz CT molecular complexity index is 482. The van der Waals surface area contributed by atoms with E-state index in [0.717, 1.165) is 0 Å². The highest BCUT2D eigenvalue weighted by Gasteiger charge is 2.36. The first-order chi connectivity index (χ1) is 9.32. The van der Waals surface area contributed by atoms with E-state index in [1.807, 2.05) is 13.8 Å². The Kier molecular flexibility index (Phi) is 4.64. The van der Waals surface area contributed by atoms with Crippen LogP contribution in [0.1, 0.15) is 24.3 Å². The number of morpholine rings is 1. The van der Waals surface area contributed by atoms with E-state index in [4.69, 9.17) is 32.7 Å². The molecule has 1 fully saturated rings. The van der Waals surface area contributed by atoms with Gasteiger partial charge in [0.05, 0.1) is 23.3 Å². The van der Waals surface area contributed by atoms with Gasteiger partial charge in [-0.25, -0.2) is 0 Å². The van der Waals surface area contributed by atoms with E-state index in [2.05, 4.69) is 4.98 Å². The summed E-state index contributed by atoms with van der Waals surface area (Å²) in [7, 11) is 1.61. The minimum Gasteiger partial charge on any atom is -0.382 e. The first-order valence-corrected chi connectivity index (χ1v) is 7.08. The molecule has 1 saturated heterocycles. The van der Waals surface area contributed by atoms with Crippen molar-refractivity contribution in [2.45, 2.75) is 25.6 Å². The highest BCUT2D eigenvalue weighted by atomic mass is 35.5. The third kappa shape index (κ3) is 3.47. The predicted octanol–water partition coefficient (Wildman–Crippen LogP) is 2.59. The van der Waals surface area contributed by atoms with Crippen LogP contribution in [0.25, 0.3) is 0 Å². The van der Waals surface area contributed by atoms with Crippen LogP contribution < -0.4 is 0 Å². The molecule has 0 aliphatic carbocycles. The van der Waals surface area contributed by atoms with Gasteiger partial charge in [-0.2, -0.15) is 0 Å². The van der Waals surface area contributed by atoms with Crippen LogP contribution in [0.15, 0.2) is 6.07 Å². The highest BCUT2D eigenvalue weighted by Crippen LogP contribution is 2.26. The molecule has 1 aliphatic heterocycles. The minimum atomic E-state index is -0.419. The fourth-order valence-electron chi connectivity index (χ4n) is 2.41. The largest absolute Gasteiger partial charge is 0.382 e. The van der Waals surface area contributed by atoms with Crippen molar-refractivity contribution in [2.75, 3.05) is 26.8 Å². The molecule has 0 bridgehead atoms. The number of carbonyl (C=O) groups excluding carboxylic acids is 1. The molecule has 0 saturated carbocycles. The summed E-state index contributed by atoms with van der Waals surface area (Å²) in [5.41, 5.74) is -0.0361. The van der Waals surface area contributed by atoms with Crippen LogP contribution in [0.2, 0.25) is 10.2 Å². The summed E-state index contributed by atoms with van der Waals surface area (Å²) in [6.07, 6.45) is -0.145. The molecule has 1 N–H and O–H groups in total. The van der Waals surface area contributed by atoms with Gasteiger partial charge in [0.1, 0.15) is 10.8 Å². The van der Waals surface area contributed by atoms with E-state index in [1.54, 1.807) is 18.1 Å². The molecule has 0 radical (unpaired) electrons. The lowest BCUT2D eigenvalue weighted by Crippen LogP contribution is -2.55. The number of aromatic amines is 1. The molecule has 5 nitrogen and oxygen atoms in total. The van der Waals surface area contributed by atoms with Crippen LogP contribution in [-0.4, -0.2) is 54.3 Å². The molecule has 1 aromatic heterocycles. The number of hydrogen-bond donors (Lipinski definition) is 1. The molecule has 7 heteroatoms. The number of aromatic nitrogens is 1. The first-order valence-electron chi connectivity index (χ1n) is 6.32. The summed E-state index contributed by atoms with van der Waals surface area (Å²) < 4.78 is 11.0. The van der Waals surface area contributed by atoms with Crippen molar-refractivity contribution in [3.63, 3.8) is 0 Å². The van der Waals surface area contributed by atoms with Gasteiger partial charge in [0, 0.05) is 20.2 Å². The maximum atomic E-state index is 12.5. The first kappa shape index (κ1) is 15.6. The van der Waals surface area contributed by atoms with E-state index in [-0.39, 0.29) is 17.2 Å². The maximum Gasteiger partial charge on any atom is 0.270 e. The van der Waals surface area contributed by atoms with Gasteiger partial charge in [-0.1, -0.05) is 23.2 Å². The van der Waals surface area contributed by atoms with Crippen molar-refractivity contribution >= 4 is 29.1 Å². The van der Waals surface area contributed by atoms with Crippen molar-refractivity contribution in [1.82, 2.24) is 9.88 Å². The minimum absolute atomic E-state index is 0.142. The van der Waals surface area contributed by atoms with Crippen LogP contribution >= 0.6 is 23.2 Å². The number of ether oxygens (including phenoxy) is 2. The zero-order valence-corrected chi connectivity index (χ0v) is 13.2. The normalized spacial score (nSPS) is 22.1. The van der Waals surface area contributed by atoms with Crippen LogP contribution in [-0.2, 0) is 9.47 Å². The molecule has 1 aliphatic rings. The van der Waals surface area contributed by atoms with E-state index in [1.165, 1.54) is 0 Å². The standard InChI is InChI=1S/C13H18Cl2N2O3/c1-13(2)7-17(5-8(20-13)6-19-3)12(18)10-4-9(14)11(15)16-10/h4,8,16H,5-7H2,1-3H3/t8-/m1/s1.